The van der Waals surface area contributed by atoms with Crippen molar-refractivity contribution in [1.29, 1.82) is 0 Å². The second kappa shape index (κ2) is 8.98. The van der Waals surface area contributed by atoms with E-state index in [9.17, 15) is 14.4 Å². The Morgan fingerprint density at radius 1 is 0.969 bits per heavy atom. The van der Waals surface area contributed by atoms with Crippen molar-refractivity contribution in [3.05, 3.63) is 59.3 Å². The lowest BCUT2D eigenvalue weighted by Gasteiger charge is -2.32. The van der Waals surface area contributed by atoms with E-state index >= 15 is 0 Å². The van der Waals surface area contributed by atoms with E-state index in [0.717, 1.165) is 0 Å². The van der Waals surface area contributed by atoms with Crippen molar-refractivity contribution < 1.29 is 38.1 Å². The average Bonchev–Trinajstić information content (AvgIpc) is 3.30. The van der Waals surface area contributed by atoms with Gasteiger partial charge in [-0.3, -0.25) is 4.79 Å². The molecule has 0 saturated carbocycles. The smallest absolute Gasteiger partial charge is 0.355 e. The van der Waals surface area contributed by atoms with Gasteiger partial charge in [-0.25, -0.2) is 9.59 Å². The van der Waals surface area contributed by atoms with Crippen molar-refractivity contribution in [2.75, 3.05) is 44.6 Å². The second-order valence-corrected chi connectivity index (χ2v) is 6.76. The summed E-state index contributed by atoms with van der Waals surface area (Å²) in [7, 11) is 2.41. The molecule has 0 fully saturated rings. The maximum atomic E-state index is 13.1. The van der Waals surface area contributed by atoms with Crippen LogP contribution in [0, 0.1) is 0 Å². The summed E-state index contributed by atoms with van der Waals surface area (Å²) in [6.45, 7) is -0.0753. The molecule has 0 spiro atoms. The van der Waals surface area contributed by atoms with Gasteiger partial charge in [-0.2, -0.15) is 0 Å². The number of benzene rings is 2. The van der Waals surface area contributed by atoms with Crippen molar-refractivity contribution in [3.63, 3.8) is 0 Å². The largest absolute Gasteiger partial charge is 0.466 e. The third-order valence-electron chi connectivity index (χ3n) is 4.90. The molecule has 2 aliphatic heterocycles. The number of para-hydroxylation sites is 1. The van der Waals surface area contributed by atoms with Gasteiger partial charge in [0.15, 0.2) is 11.5 Å². The molecule has 0 unspecified atom stereocenters. The highest BCUT2D eigenvalue weighted by molar-refractivity contribution is 6.10. The summed E-state index contributed by atoms with van der Waals surface area (Å²) < 4.78 is 25.8. The number of nitrogens with zero attached hydrogens (tertiary/aromatic N) is 1. The van der Waals surface area contributed by atoms with Gasteiger partial charge < -0.3 is 33.9 Å². The van der Waals surface area contributed by atoms with E-state index < -0.39 is 17.8 Å². The molecule has 2 heterocycles. The van der Waals surface area contributed by atoms with Gasteiger partial charge >= 0.3 is 11.9 Å². The molecule has 166 valence electrons. The molecule has 0 aliphatic carbocycles. The number of ether oxygens (including phenoxy) is 5. The number of carbonyl (C=O) groups excluding carboxylic acids is 3. The lowest BCUT2D eigenvalue weighted by Crippen LogP contribution is -2.39. The Balaban J connectivity index is 1.70. The molecule has 0 radical (unpaired) electrons. The third kappa shape index (κ3) is 3.95. The summed E-state index contributed by atoms with van der Waals surface area (Å²) >= 11 is 0. The first-order valence-electron chi connectivity index (χ1n) is 9.58. The zero-order chi connectivity index (χ0) is 22.7. The van der Waals surface area contributed by atoms with Crippen LogP contribution in [0.3, 0.4) is 0 Å². The number of rotatable bonds is 5. The molecule has 2 aliphatic rings. The van der Waals surface area contributed by atoms with Crippen LogP contribution in [0.2, 0.25) is 0 Å². The average molecular weight is 440 g/mol. The summed E-state index contributed by atoms with van der Waals surface area (Å²) in [5.74, 6) is -0.790. The first-order valence-corrected chi connectivity index (χ1v) is 9.58. The Morgan fingerprint density at radius 2 is 1.72 bits per heavy atom. The molecule has 10 nitrogen and oxygen atoms in total. The molecule has 10 heteroatoms. The number of hydrogen-bond acceptors (Lipinski definition) is 9. The Kier molecular flexibility index (Phi) is 5.95. The second-order valence-electron chi connectivity index (χ2n) is 6.76. The molecule has 0 bridgehead atoms. The van der Waals surface area contributed by atoms with Crippen LogP contribution in [-0.2, 0) is 23.8 Å². The lowest BCUT2D eigenvalue weighted by molar-refractivity contribution is -0.140. The fraction of sp³-hybridized carbons (Fsp3) is 0.227. The van der Waals surface area contributed by atoms with Crippen molar-refractivity contribution in [1.82, 2.24) is 0 Å². The predicted molar refractivity (Wildman–Crippen MR) is 111 cm³/mol. The first-order chi connectivity index (χ1) is 15.5. The number of anilines is 2. The summed E-state index contributed by atoms with van der Waals surface area (Å²) in [5.41, 5.74) is 1.06. The van der Waals surface area contributed by atoms with Gasteiger partial charge in [0.2, 0.25) is 6.79 Å². The van der Waals surface area contributed by atoms with Crippen LogP contribution < -0.4 is 19.7 Å². The molecule has 0 saturated heterocycles. The molecule has 4 rings (SSSR count). The number of esters is 2. The van der Waals surface area contributed by atoms with Crippen LogP contribution in [0.5, 0.6) is 11.5 Å². The lowest BCUT2D eigenvalue weighted by atomic mass is 10.1. The highest BCUT2D eigenvalue weighted by atomic mass is 16.7. The summed E-state index contributed by atoms with van der Waals surface area (Å²) in [4.78, 5) is 39.3. The van der Waals surface area contributed by atoms with E-state index in [1.165, 1.54) is 19.1 Å². The topological polar surface area (TPSA) is 113 Å². The highest BCUT2D eigenvalue weighted by Crippen LogP contribution is 2.35. The van der Waals surface area contributed by atoms with Crippen LogP contribution >= 0.6 is 0 Å². The number of amides is 1. The van der Waals surface area contributed by atoms with E-state index in [0.29, 0.717) is 22.9 Å². The standard InChI is InChI=1S/C22H20N2O8/c1-28-21(26)15-10-30-11-24(19(15)22(27)29-2)16-6-4-3-5-14(16)20(25)23-13-7-8-17-18(9-13)32-12-31-17/h3-9H,10-12H2,1-2H3,(H,23,25). The molecular formula is C22H20N2O8. The van der Waals surface area contributed by atoms with E-state index in [2.05, 4.69) is 5.32 Å². The maximum absolute atomic E-state index is 13.1. The van der Waals surface area contributed by atoms with Crippen LogP contribution in [-0.4, -0.2) is 52.2 Å². The van der Waals surface area contributed by atoms with Crippen molar-refractivity contribution >= 4 is 29.2 Å². The number of carbonyl (C=O) groups is 3. The maximum Gasteiger partial charge on any atom is 0.355 e. The third-order valence-corrected chi connectivity index (χ3v) is 4.90. The Labute approximate surface area is 183 Å². The van der Waals surface area contributed by atoms with Gasteiger partial charge in [-0.15, -0.1) is 0 Å². The minimum absolute atomic E-state index is 0.00316. The van der Waals surface area contributed by atoms with Crippen molar-refractivity contribution in [2.24, 2.45) is 0 Å². The Morgan fingerprint density at radius 3 is 2.50 bits per heavy atom. The number of hydrogen-bond donors (Lipinski definition) is 1. The van der Waals surface area contributed by atoms with E-state index in [1.54, 1.807) is 42.5 Å². The van der Waals surface area contributed by atoms with Crippen molar-refractivity contribution in [2.45, 2.75) is 0 Å². The van der Waals surface area contributed by atoms with Crippen LogP contribution in [0.15, 0.2) is 53.7 Å². The molecule has 1 N–H and O–H groups in total. The Bertz CT molecular complexity index is 1110. The van der Waals surface area contributed by atoms with Crippen LogP contribution in [0.25, 0.3) is 0 Å². The van der Waals surface area contributed by atoms with Gasteiger partial charge in [0.05, 0.1) is 37.7 Å². The summed E-state index contributed by atoms with van der Waals surface area (Å²) in [6, 6.07) is 11.7. The first kappa shape index (κ1) is 21.2. The summed E-state index contributed by atoms with van der Waals surface area (Å²) in [5, 5.41) is 2.80. The number of fused-ring (bicyclic) bond motifs is 1. The Hall–Kier alpha value is -4.05. The van der Waals surface area contributed by atoms with E-state index in [4.69, 9.17) is 23.7 Å². The molecule has 32 heavy (non-hydrogen) atoms. The van der Waals surface area contributed by atoms with E-state index in [1.807, 2.05) is 0 Å². The number of nitrogens with one attached hydrogen (secondary N) is 1. The molecule has 1 amide bonds. The van der Waals surface area contributed by atoms with Gasteiger partial charge in [-0.1, -0.05) is 12.1 Å². The zero-order valence-electron chi connectivity index (χ0n) is 17.4. The minimum atomic E-state index is -0.750. The molecule has 0 aromatic heterocycles. The fourth-order valence-corrected chi connectivity index (χ4v) is 3.41. The summed E-state index contributed by atoms with van der Waals surface area (Å²) in [6.07, 6.45) is 0. The number of methoxy groups -OCH3 is 2. The molecular weight excluding hydrogens is 420 g/mol. The normalized spacial score (nSPS) is 14.8. The zero-order valence-corrected chi connectivity index (χ0v) is 17.4. The van der Waals surface area contributed by atoms with Gasteiger partial charge in [0, 0.05) is 11.8 Å². The molecule has 2 aromatic carbocycles. The molecule has 0 atom stereocenters. The SMILES string of the molecule is COC(=O)C1=C(C(=O)OC)N(c2ccccc2C(=O)Nc2ccc3c(c2)OCO3)COC1. The van der Waals surface area contributed by atoms with Crippen molar-refractivity contribution in [3.8, 4) is 11.5 Å². The van der Waals surface area contributed by atoms with E-state index in [-0.39, 0.29) is 37.0 Å². The fourth-order valence-electron chi connectivity index (χ4n) is 3.41. The quantitative estimate of drug-likeness (QED) is 0.698. The van der Waals surface area contributed by atoms with Gasteiger partial charge in [-0.05, 0) is 24.3 Å². The molecule has 2 aromatic rings. The van der Waals surface area contributed by atoms with Crippen LogP contribution in [0.1, 0.15) is 10.4 Å². The van der Waals surface area contributed by atoms with Gasteiger partial charge in [0.1, 0.15) is 12.4 Å². The monoisotopic (exact) mass is 440 g/mol. The van der Waals surface area contributed by atoms with Crippen LogP contribution in [0.4, 0.5) is 11.4 Å². The minimum Gasteiger partial charge on any atom is -0.466 e. The highest BCUT2D eigenvalue weighted by Gasteiger charge is 2.34. The predicted octanol–water partition coefficient (Wildman–Crippen LogP) is 2.06. The van der Waals surface area contributed by atoms with Gasteiger partial charge in [0.25, 0.3) is 5.91 Å².